The van der Waals surface area contributed by atoms with Gasteiger partial charge in [-0.1, -0.05) is 0 Å². The maximum atomic E-state index is 13.8. The van der Waals surface area contributed by atoms with Gasteiger partial charge < -0.3 is 19.9 Å². The lowest BCUT2D eigenvalue weighted by molar-refractivity contribution is -0.137. The number of alkyl halides is 3. The molecule has 0 bridgehead atoms. The number of aromatic amines is 1. The number of H-pyrrole nitrogens is 1. The number of nitrogens with one attached hydrogen (secondary N) is 2. The van der Waals surface area contributed by atoms with Crippen molar-refractivity contribution in [3.8, 4) is 11.3 Å². The van der Waals surface area contributed by atoms with Gasteiger partial charge in [0.25, 0.3) is 0 Å². The fraction of sp³-hybridized carbons (Fsp3) is 0.227. The fourth-order valence-electron chi connectivity index (χ4n) is 3.74. The van der Waals surface area contributed by atoms with Crippen molar-refractivity contribution in [3.63, 3.8) is 0 Å². The SMILES string of the molecule is O=C1C=CC(=O)C(Nc2ncc(C(F)(F)F)c(-c3c[nH]c4nc(N5CCOCC5)ccc34)n2)=C1. The molecule has 5 rings (SSSR count). The number of carbonyl (C=O) groups excluding carboxylic acids is 2. The average Bonchev–Trinajstić information content (AvgIpc) is 3.24. The molecule has 0 amide bonds. The minimum atomic E-state index is -4.72. The van der Waals surface area contributed by atoms with Crippen molar-refractivity contribution in [2.24, 2.45) is 0 Å². The second kappa shape index (κ2) is 8.37. The lowest BCUT2D eigenvalue weighted by atomic mass is 10.1. The molecule has 0 atom stereocenters. The van der Waals surface area contributed by atoms with Gasteiger partial charge in [0.15, 0.2) is 5.78 Å². The van der Waals surface area contributed by atoms with Crippen LogP contribution in [-0.2, 0) is 20.5 Å². The summed E-state index contributed by atoms with van der Waals surface area (Å²) in [6, 6.07) is 3.42. The number of nitrogens with zero attached hydrogens (tertiary/aromatic N) is 4. The number of carbonyl (C=O) groups is 2. The van der Waals surface area contributed by atoms with E-state index in [1.54, 1.807) is 12.1 Å². The molecule has 2 N–H and O–H groups in total. The van der Waals surface area contributed by atoms with Gasteiger partial charge in [-0.25, -0.2) is 15.0 Å². The third-order valence-corrected chi connectivity index (χ3v) is 5.41. The molecule has 3 aromatic heterocycles. The van der Waals surface area contributed by atoms with E-state index < -0.39 is 23.3 Å². The van der Waals surface area contributed by atoms with Crippen molar-refractivity contribution in [2.75, 3.05) is 36.5 Å². The monoisotopic (exact) mass is 470 g/mol. The number of fused-ring (bicyclic) bond motifs is 1. The number of rotatable bonds is 4. The van der Waals surface area contributed by atoms with E-state index in [9.17, 15) is 22.8 Å². The van der Waals surface area contributed by atoms with Gasteiger partial charge in [0, 0.05) is 42.5 Å². The summed E-state index contributed by atoms with van der Waals surface area (Å²) in [7, 11) is 0. The first-order chi connectivity index (χ1) is 16.3. The topological polar surface area (TPSA) is 113 Å². The van der Waals surface area contributed by atoms with Crippen molar-refractivity contribution in [2.45, 2.75) is 6.18 Å². The first-order valence-electron chi connectivity index (χ1n) is 10.3. The van der Waals surface area contributed by atoms with Crippen LogP contribution in [0.25, 0.3) is 22.3 Å². The number of pyridine rings is 1. The Morgan fingerprint density at radius 1 is 1.09 bits per heavy atom. The van der Waals surface area contributed by atoms with Crippen molar-refractivity contribution >= 4 is 34.4 Å². The van der Waals surface area contributed by atoms with E-state index in [1.807, 2.05) is 4.90 Å². The van der Waals surface area contributed by atoms with Gasteiger partial charge in [-0.15, -0.1) is 0 Å². The highest BCUT2D eigenvalue weighted by atomic mass is 19.4. The highest BCUT2D eigenvalue weighted by molar-refractivity contribution is 6.18. The molecule has 1 aliphatic heterocycles. The van der Waals surface area contributed by atoms with Crippen LogP contribution in [-0.4, -0.2) is 57.8 Å². The summed E-state index contributed by atoms with van der Waals surface area (Å²) in [5.74, 6) is -0.520. The Morgan fingerprint density at radius 3 is 2.65 bits per heavy atom. The molecule has 174 valence electrons. The molecular formula is C22H17F3N6O3. The van der Waals surface area contributed by atoms with Crippen LogP contribution in [0, 0.1) is 0 Å². The zero-order valence-electron chi connectivity index (χ0n) is 17.5. The number of hydrogen-bond donors (Lipinski definition) is 2. The smallest absolute Gasteiger partial charge is 0.378 e. The number of allylic oxidation sites excluding steroid dienone is 3. The summed E-state index contributed by atoms with van der Waals surface area (Å²) in [6.07, 6.45) is 0.511. The van der Waals surface area contributed by atoms with Crippen LogP contribution in [0.4, 0.5) is 24.9 Å². The average molecular weight is 470 g/mol. The lowest BCUT2D eigenvalue weighted by Gasteiger charge is -2.27. The summed E-state index contributed by atoms with van der Waals surface area (Å²) in [5.41, 5.74) is -0.983. The van der Waals surface area contributed by atoms with Crippen LogP contribution in [0.1, 0.15) is 5.56 Å². The minimum absolute atomic E-state index is 0.131. The van der Waals surface area contributed by atoms with E-state index in [2.05, 4.69) is 25.3 Å². The maximum absolute atomic E-state index is 13.8. The summed E-state index contributed by atoms with van der Waals surface area (Å²) >= 11 is 0. The van der Waals surface area contributed by atoms with Gasteiger partial charge >= 0.3 is 6.18 Å². The van der Waals surface area contributed by atoms with Crippen molar-refractivity contribution in [3.05, 3.63) is 54.0 Å². The predicted octanol–water partition coefficient (Wildman–Crippen LogP) is 2.88. The van der Waals surface area contributed by atoms with Crippen LogP contribution in [0.5, 0.6) is 0 Å². The lowest BCUT2D eigenvalue weighted by Crippen LogP contribution is -2.36. The van der Waals surface area contributed by atoms with E-state index in [-0.39, 0.29) is 22.9 Å². The Kier molecular flexibility index (Phi) is 5.36. The summed E-state index contributed by atoms with van der Waals surface area (Å²) in [4.78, 5) is 40.8. The Bertz CT molecular complexity index is 1360. The molecule has 9 nitrogen and oxygen atoms in total. The quantitative estimate of drug-likeness (QED) is 0.560. The molecule has 0 spiro atoms. The normalized spacial score (nSPS) is 16.8. The number of hydrogen-bond acceptors (Lipinski definition) is 8. The van der Waals surface area contributed by atoms with Crippen LogP contribution in [0.15, 0.2) is 48.5 Å². The number of halogens is 3. The second-order valence-corrected chi connectivity index (χ2v) is 7.60. The van der Waals surface area contributed by atoms with Crippen molar-refractivity contribution < 1.29 is 27.5 Å². The number of morpholine rings is 1. The van der Waals surface area contributed by atoms with Gasteiger partial charge in [-0.2, -0.15) is 13.2 Å². The Labute approximate surface area is 190 Å². The second-order valence-electron chi connectivity index (χ2n) is 7.60. The Balaban J connectivity index is 1.55. The van der Waals surface area contributed by atoms with Crippen molar-refractivity contribution in [1.29, 1.82) is 0 Å². The van der Waals surface area contributed by atoms with Crippen molar-refractivity contribution in [1.82, 2.24) is 19.9 Å². The molecule has 0 unspecified atom stereocenters. The summed E-state index contributed by atoms with van der Waals surface area (Å²) in [6.45, 7) is 2.47. The van der Waals surface area contributed by atoms with E-state index in [0.717, 1.165) is 18.2 Å². The predicted molar refractivity (Wildman–Crippen MR) is 116 cm³/mol. The fourth-order valence-corrected chi connectivity index (χ4v) is 3.74. The molecule has 0 radical (unpaired) electrons. The molecule has 4 heterocycles. The number of aromatic nitrogens is 4. The van der Waals surface area contributed by atoms with E-state index in [1.165, 1.54) is 6.20 Å². The van der Waals surface area contributed by atoms with E-state index in [4.69, 9.17) is 4.74 Å². The van der Waals surface area contributed by atoms with Gasteiger partial charge in [0.05, 0.1) is 24.6 Å². The molecule has 3 aromatic rings. The molecule has 1 saturated heterocycles. The van der Waals surface area contributed by atoms with Gasteiger partial charge in [0.1, 0.15) is 17.0 Å². The molecule has 0 saturated carbocycles. The first kappa shape index (κ1) is 21.8. The van der Waals surface area contributed by atoms with Crippen LogP contribution < -0.4 is 10.2 Å². The third kappa shape index (κ3) is 4.15. The highest BCUT2D eigenvalue weighted by Crippen LogP contribution is 2.38. The molecular weight excluding hydrogens is 453 g/mol. The standard InChI is InChI=1S/C22H17F3N6O3/c23-22(24,25)15-11-27-21(28-16-9-12(32)1-3-17(16)33)30-19(15)14-10-26-20-13(14)2-4-18(29-20)31-5-7-34-8-6-31/h1-4,9-11H,5-8H2,(H,26,29)(H,27,28,30). The summed E-state index contributed by atoms with van der Waals surface area (Å²) < 4.78 is 46.7. The van der Waals surface area contributed by atoms with E-state index in [0.29, 0.717) is 49.4 Å². The van der Waals surface area contributed by atoms with Crippen LogP contribution >= 0.6 is 0 Å². The largest absolute Gasteiger partial charge is 0.419 e. The van der Waals surface area contributed by atoms with Gasteiger partial charge in [0.2, 0.25) is 11.7 Å². The molecule has 0 aromatic carbocycles. The number of anilines is 2. The molecule has 12 heteroatoms. The molecule has 2 aliphatic rings. The Morgan fingerprint density at radius 2 is 1.88 bits per heavy atom. The van der Waals surface area contributed by atoms with Crippen LogP contribution in [0.3, 0.4) is 0 Å². The zero-order valence-corrected chi connectivity index (χ0v) is 17.5. The molecule has 1 fully saturated rings. The van der Waals surface area contributed by atoms with E-state index >= 15 is 0 Å². The molecule has 1 aliphatic carbocycles. The number of ether oxygens (including phenoxy) is 1. The minimum Gasteiger partial charge on any atom is -0.378 e. The molecule has 34 heavy (non-hydrogen) atoms. The highest BCUT2D eigenvalue weighted by Gasteiger charge is 2.36. The number of ketones is 2. The van der Waals surface area contributed by atoms with Crippen LogP contribution in [0.2, 0.25) is 0 Å². The zero-order chi connectivity index (χ0) is 23.9. The van der Waals surface area contributed by atoms with Gasteiger partial charge in [-0.05, 0) is 24.3 Å². The third-order valence-electron chi connectivity index (χ3n) is 5.41. The Hall–Kier alpha value is -4.06. The van der Waals surface area contributed by atoms with Gasteiger partial charge in [-0.3, -0.25) is 9.59 Å². The maximum Gasteiger partial charge on any atom is 0.419 e. The summed E-state index contributed by atoms with van der Waals surface area (Å²) in [5, 5.41) is 2.99. The first-order valence-corrected chi connectivity index (χ1v) is 10.3.